The maximum absolute atomic E-state index is 9.26. The molecule has 0 spiro atoms. The molecule has 5 nitrogen and oxygen atoms in total. The van der Waals surface area contributed by atoms with Crippen molar-refractivity contribution in [3.05, 3.63) is 59.9 Å². The van der Waals surface area contributed by atoms with Crippen LogP contribution in [0.15, 0.2) is 53.6 Å². The number of benzene rings is 2. The maximum atomic E-state index is 9.26. The number of hydrogen-bond acceptors (Lipinski definition) is 4. The van der Waals surface area contributed by atoms with Crippen molar-refractivity contribution in [1.82, 2.24) is 9.97 Å². The number of nitrogens with zero attached hydrogens (tertiary/aromatic N) is 3. The van der Waals surface area contributed by atoms with Gasteiger partial charge in [0, 0.05) is 0 Å². The smallest absolute Gasteiger partial charge is 0.203 e. The van der Waals surface area contributed by atoms with Crippen LogP contribution in [-0.2, 0) is 0 Å². The van der Waals surface area contributed by atoms with E-state index in [-0.39, 0.29) is 5.71 Å². The van der Waals surface area contributed by atoms with Gasteiger partial charge in [-0.05, 0) is 36.8 Å². The fourth-order valence-electron chi connectivity index (χ4n) is 2.00. The third kappa shape index (κ3) is 2.74. The van der Waals surface area contributed by atoms with Crippen LogP contribution < -0.4 is 5.43 Å². The van der Waals surface area contributed by atoms with Crippen molar-refractivity contribution >= 4 is 22.4 Å². The van der Waals surface area contributed by atoms with Crippen LogP contribution in [0.2, 0.25) is 0 Å². The van der Waals surface area contributed by atoms with Crippen LogP contribution in [0, 0.1) is 18.3 Å². The molecule has 21 heavy (non-hydrogen) atoms. The number of para-hydroxylation sites is 1. The molecule has 0 atom stereocenters. The van der Waals surface area contributed by atoms with Gasteiger partial charge in [-0.2, -0.15) is 10.4 Å². The summed E-state index contributed by atoms with van der Waals surface area (Å²) < 4.78 is 0. The van der Waals surface area contributed by atoms with Gasteiger partial charge in [0.1, 0.15) is 6.07 Å². The number of nitrogens with one attached hydrogen (secondary N) is 2. The van der Waals surface area contributed by atoms with Gasteiger partial charge in [-0.25, -0.2) is 4.98 Å². The van der Waals surface area contributed by atoms with Crippen LogP contribution >= 0.6 is 0 Å². The number of hydrazone groups is 1. The summed E-state index contributed by atoms with van der Waals surface area (Å²) in [6.45, 7) is 2.01. The average molecular weight is 275 g/mol. The van der Waals surface area contributed by atoms with Crippen molar-refractivity contribution in [2.45, 2.75) is 6.92 Å². The van der Waals surface area contributed by atoms with Crippen LogP contribution in [0.4, 0.5) is 5.69 Å². The zero-order chi connectivity index (χ0) is 14.7. The summed E-state index contributed by atoms with van der Waals surface area (Å²) in [5.74, 6) is 0.460. The van der Waals surface area contributed by atoms with E-state index in [2.05, 4.69) is 26.6 Å². The van der Waals surface area contributed by atoms with E-state index >= 15 is 0 Å². The summed E-state index contributed by atoms with van der Waals surface area (Å²) in [4.78, 5) is 7.51. The molecule has 0 fully saturated rings. The number of aromatic nitrogens is 2. The van der Waals surface area contributed by atoms with E-state index in [0.29, 0.717) is 5.82 Å². The van der Waals surface area contributed by atoms with Crippen molar-refractivity contribution in [3.8, 4) is 6.07 Å². The maximum Gasteiger partial charge on any atom is 0.203 e. The van der Waals surface area contributed by atoms with E-state index in [1.54, 1.807) is 0 Å². The molecule has 0 amide bonds. The summed E-state index contributed by atoms with van der Waals surface area (Å²) in [6.07, 6.45) is 0. The van der Waals surface area contributed by atoms with Gasteiger partial charge in [-0.3, -0.25) is 5.43 Å². The molecule has 102 valence electrons. The van der Waals surface area contributed by atoms with E-state index in [1.807, 2.05) is 55.5 Å². The summed E-state index contributed by atoms with van der Waals surface area (Å²) in [7, 11) is 0. The molecule has 0 bridgehead atoms. The number of fused-ring (bicyclic) bond motifs is 1. The highest BCUT2D eigenvalue weighted by Crippen LogP contribution is 2.14. The Labute approximate surface area is 122 Å². The zero-order valence-corrected chi connectivity index (χ0v) is 11.5. The van der Waals surface area contributed by atoms with Crippen LogP contribution in [0.5, 0.6) is 0 Å². The Morgan fingerprint density at radius 2 is 2.05 bits per heavy atom. The van der Waals surface area contributed by atoms with Gasteiger partial charge in [0.05, 0.1) is 16.7 Å². The lowest BCUT2D eigenvalue weighted by atomic mass is 10.2. The number of nitriles is 1. The number of H-pyrrole nitrogens is 1. The lowest BCUT2D eigenvalue weighted by molar-refractivity contribution is 1.25. The second kappa shape index (κ2) is 5.47. The molecule has 2 N–H and O–H groups in total. The minimum absolute atomic E-state index is 0.215. The SMILES string of the molecule is Cc1ccc2nc(/C(C#N)=N\Nc3ccccc3)[nH]c2c1. The van der Waals surface area contributed by atoms with Crippen molar-refractivity contribution < 1.29 is 0 Å². The van der Waals surface area contributed by atoms with Crippen molar-refractivity contribution in [1.29, 1.82) is 5.26 Å². The number of hydrogen-bond donors (Lipinski definition) is 2. The van der Waals surface area contributed by atoms with E-state index in [1.165, 1.54) is 0 Å². The first-order chi connectivity index (χ1) is 10.3. The first-order valence-electron chi connectivity index (χ1n) is 6.52. The Kier molecular flexibility index (Phi) is 3.36. The summed E-state index contributed by atoms with van der Waals surface area (Å²) >= 11 is 0. The first-order valence-corrected chi connectivity index (χ1v) is 6.52. The Morgan fingerprint density at radius 3 is 2.81 bits per heavy atom. The largest absolute Gasteiger partial charge is 0.336 e. The topological polar surface area (TPSA) is 76.9 Å². The van der Waals surface area contributed by atoms with Crippen molar-refractivity contribution in [2.24, 2.45) is 5.10 Å². The van der Waals surface area contributed by atoms with Crippen molar-refractivity contribution in [3.63, 3.8) is 0 Å². The molecule has 3 rings (SSSR count). The molecule has 0 saturated carbocycles. The summed E-state index contributed by atoms with van der Waals surface area (Å²) in [5, 5.41) is 13.4. The number of anilines is 1. The Bertz CT molecular complexity index is 840. The second-order valence-corrected chi connectivity index (χ2v) is 4.66. The number of aromatic amines is 1. The molecule has 0 saturated heterocycles. The first kappa shape index (κ1) is 12.9. The molecular formula is C16H13N5. The van der Waals surface area contributed by atoms with Crippen LogP contribution in [0.1, 0.15) is 11.4 Å². The van der Waals surface area contributed by atoms with Crippen LogP contribution in [0.3, 0.4) is 0 Å². The fraction of sp³-hybridized carbons (Fsp3) is 0.0625. The van der Waals surface area contributed by atoms with Gasteiger partial charge in [-0.15, -0.1) is 0 Å². The molecule has 5 heteroatoms. The molecule has 1 heterocycles. The molecule has 3 aromatic rings. The highest BCUT2D eigenvalue weighted by Gasteiger charge is 2.09. The third-order valence-electron chi connectivity index (χ3n) is 3.04. The minimum Gasteiger partial charge on any atom is -0.336 e. The number of rotatable bonds is 3. The summed E-state index contributed by atoms with van der Waals surface area (Å²) in [5.41, 5.74) is 6.74. The Morgan fingerprint density at radius 1 is 1.24 bits per heavy atom. The average Bonchev–Trinajstić information content (AvgIpc) is 2.92. The zero-order valence-electron chi connectivity index (χ0n) is 11.5. The molecule has 2 aromatic carbocycles. The van der Waals surface area contributed by atoms with E-state index < -0.39 is 0 Å². The third-order valence-corrected chi connectivity index (χ3v) is 3.04. The standard InChI is InChI=1S/C16H13N5/c1-11-7-8-13-14(9-11)19-16(18-13)15(10-17)21-20-12-5-3-2-4-6-12/h2-9,20H,1H3,(H,18,19)/b21-15-. The van der Waals surface area contributed by atoms with Gasteiger partial charge in [0.2, 0.25) is 5.71 Å². The fourth-order valence-corrected chi connectivity index (χ4v) is 2.00. The normalized spacial score (nSPS) is 11.3. The molecule has 0 radical (unpaired) electrons. The molecule has 1 aromatic heterocycles. The lowest BCUT2D eigenvalue weighted by Gasteiger charge is -1.99. The molecular weight excluding hydrogens is 262 g/mol. The van der Waals surface area contributed by atoms with E-state index in [9.17, 15) is 5.26 Å². The molecule has 0 aliphatic heterocycles. The van der Waals surface area contributed by atoms with Gasteiger partial charge in [0.25, 0.3) is 0 Å². The quantitative estimate of drug-likeness (QED) is 0.569. The van der Waals surface area contributed by atoms with E-state index in [4.69, 9.17) is 0 Å². The highest BCUT2D eigenvalue weighted by atomic mass is 15.3. The number of aryl methyl sites for hydroxylation is 1. The van der Waals surface area contributed by atoms with Gasteiger partial charge in [0.15, 0.2) is 5.82 Å². The highest BCUT2D eigenvalue weighted by molar-refractivity contribution is 6.10. The van der Waals surface area contributed by atoms with Crippen LogP contribution in [-0.4, -0.2) is 15.7 Å². The number of imidazole rings is 1. The minimum atomic E-state index is 0.215. The van der Waals surface area contributed by atoms with Crippen LogP contribution in [0.25, 0.3) is 11.0 Å². The van der Waals surface area contributed by atoms with E-state index in [0.717, 1.165) is 22.3 Å². The second-order valence-electron chi connectivity index (χ2n) is 4.66. The van der Waals surface area contributed by atoms with Crippen molar-refractivity contribution in [2.75, 3.05) is 5.43 Å². The van der Waals surface area contributed by atoms with Gasteiger partial charge in [-0.1, -0.05) is 24.3 Å². The predicted octanol–water partition coefficient (Wildman–Crippen LogP) is 3.21. The Hall–Kier alpha value is -3.13. The summed E-state index contributed by atoms with van der Waals surface area (Å²) in [6, 6.07) is 17.4. The van der Waals surface area contributed by atoms with Gasteiger partial charge < -0.3 is 4.98 Å². The van der Waals surface area contributed by atoms with Gasteiger partial charge >= 0.3 is 0 Å². The molecule has 0 unspecified atom stereocenters. The predicted molar refractivity (Wildman–Crippen MR) is 83.0 cm³/mol. The lowest BCUT2D eigenvalue weighted by Crippen LogP contribution is -2.03. The molecule has 0 aliphatic rings. The Balaban J connectivity index is 1.93. The monoisotopic (exact) mass is 275 g/mol. The molecule has 0 aliphatic carbocycles.